The van der Waals surface area contributed by atoms with Gasteiger partial charge in [0.1, 0.15) is 11.9 Å². The zero-order valence-corrected chi connectivity index (χ0v) is 14.9. The topological polar surface area (TPSA) is 27.1 Å². The van der Waals surface area contributed by atoms with E-state index in [1.165, 1.54) is 6.04 Å². The molecule has 0 saturated heterocycles. The minimum Gasteiger partial charge on any atom is -0.361 e. The van der Waals surface area contributed by atoms with Gasteiger partial charge in [-0.25, -0.2) is 4.98 Å². The largest absolute Gasteiger partial charge is 0.361 e. The Kier molecular flexibility index (Phi) is 5.25. The van der Waals surface area contributed by atoms with Crippen molar-refractivity contribution >= 4 is 19.7 Å². The number of pyridine rings is 1. The van der Waals surface area contributed by atoms with E-state index < -0.39 is 8.07 Å². The van der Waals surface area contributed by atoms with Gasteiger partial charge >= 0.3 is 0 Å². The van der Waals surface area contributed by atoms with Crippen molar-refractivity contribution in [2.75, 3.05) is 6.61 Å². The first-order valence-corrected chi connectivity index (χ1v) is 11.3. The number of rotatable bonds is 6. The summed E-state index contributed by atoms with van der Waals surface area (Å²) < 4.78 is 7.78. The number of aryl methyl sites for hydroxylation is 1. The molecule has 0 unspecified atom stereocenters. The van der Waals surface area contributed by atoms with Crippen LogP contribution in [0.3, 0.4) is 0 Å². The zero-order valence-electron chi connectivity index (χ0n) is 13.2. The van der Waals surface area contributed by atoms with Gasteiger partial charge in [0.15, 0.2) is 0 Å². The van der Waals surface area contributed by atoms with E-state index in [1.807, 2.05) is 42.1 Å². The van der Waals surface area contributed by atoms with Gasteiger partial charge in [0.25, 0.3) is 0 Å². The summed E-state index contributed by atoms with van der Waals surface area (Å²) in [4.78, 5) is 4.36. The van der Waals surface area contributed by atoms with Crippen molar-refractivity contribution in [2.24, 2.45) is 0 Å². The Morgan fingerprint density at radius 3 is 2.71 bits per heavy atom. The van der Waals surface area contributed by atoms with Gasteiger partial charge in [-0.15, -0.1) is 0 Å². The first-order valence-electron chi connectivity index (χ1n) is 7.22. The highest BCUT2D eigenvalue weighted by molar-refractivity contribution is 6.76. The Morgan fingerprint density at radius 1 is 1.29 bits per heavy atom. The first-order chi connectivity index (χ1) is 9.83. The normalized spacial score (nSPS) is 11.9. The molecule has 0 N–H and O–H groups in total. The van der Waals surface area contributed by atoms with Crippen molar-refractivity contribution in [3.8, 4) is 11.3 Å². The molecule has 0 radical (unpaired) electrons. The standard InChI is InChI=1S/C16H23ClN2OSi/c1-13-9-15(18-16(17)10-13)14-5-6-19(11-14)12-20-7-8-21(2,3)4/h5-6,9-11H,7-8,12H2,1-4H3. The molecule has 0 bridgehead atoms. The SMILES string of the molecule is Cc1cc(Cl)nc(-c2ccn(COCC[Si](C)(C)C)c2)c1. The number of halogens is 1. The average molecular weight is 323 g/mol. The van der Waals surface area contributed by atoms with Gasteiger partial charge in [0.05, 0.1) is 5.69 Å². The van der Waals surface area contributed by atoms with Crippen LogP contribution in [0.2, 0.25) is 30.8 Å². The second kappa shape index (κ2) is 6.77. The van der Waals surface area contributed by atoms with Crippen LogP contribution in [0.15, 0.2) is 30.6 Å². The Bertz CT molecular complexity index is 584. The smallest absolute Gasteiger partial charge is 0.130 e. The summed E-state index contributed by atoms with van der Waals surface area (Å²) >= 11 is 6.01. The van der Waals surface area contributed by atoms with Crippen LogP contribution in [0, 0.1) is 6.92 Å². The van der Waals surface area contributed by atoms with E-state index in [0.717, 1.165) is 23.4 Å². The predicted octanol–water partition coefficient (Wildman–Crippen LogP) is 4.82. The minimum atomic E-state index is -1.01. The molecular weight excluding hydrogens is 300 g/mol. The molecule has 0 aliphatic rings. The van der Waals surface area contributed by atoms with Crippen LogP contribution in [0.1, 0.15) is 5.56 Å². The lowest BCUT2D eigenvalue weighted by Crippen LogP contribution is -2.21. The molecule has 0 amide bonds. The second-order valence-corrected chi connectivity index (χ2v) is 12.6. The molecule has 0 fully saturated rings. The van der Waals surface area contributed by atoms with Crippen molar-refractivity contribution in [3.63, 3.8) is 0 Å². The third kappa shape index (κ3) is 5.30. The summed E-state index contributed by atoms with van der Waals surface area (Å²) in [6.07, 6.45) is 4.06. The Balaban J connectivity index is 1.95. The maximum atomic E-state index is 6.01. The molecule has 2 rings (SSSR count). The average Bonchev–Trinajstić information content (AvgIpc) is 2.81. The van der Waals surface area contributed by atoms with Gasteiger partial charge in [0, 0.05) is 32.6 Å². The van der Waals surface area contributed by atoms with Crippen LogP contribution >= 0.6 is 11.6 Å². The fraction of sp³-hybridized carbons (Fsp3) is 0.438. The molecule has 0 aliphatic heterocycles. The molecule has 114 valence electrons. The molecule has 2 aromatic heterocycles. The van der Waals surface area contributed by atoms with Crippen LogP contribution in [0.5, 0.6) is 0 Å². The van der Waals surface area contributed by atoms with E-state index in [4.69, 9.17) is 16.3 Å². The third-order valence-corrected chi connectivity index (χ3v) is 5.12. The monoisotopic (exact) mass is 322 g/mol. The Morgan fingerprint density at radius 2 is 2.05 bits per heavy atom. The molecule has 21 heavy (non-hydrogen) atoms. The number of hydrogen-bond donors (Lipinski definition) is 0. The highest BCUT2D eigenvalue weighted by Gasteiger charge is 2.12. The lowest BCUT2D eigenvalue weighted by atomic mass is 10.2. The number of hydrogen-bond acceptors (Lipinski definition) is 2. The number of aromatic nitrogens is 2. The van der Waals surface area contributed by atoms with Crippen LogP contribution < -0.4 is 0 Å². The number of ether oxygens (including phenoxy) is 1. The van der Waals surface area contributed by atoms with E-state index in [9.17, 15) is 0 Å². The lowest BCUT2D eigenvalue weighted by Gasteiger charge is -2.15. The van der Waals surface area contributed by atoms with Crippen LogP contribution in [0.4, 0.5) is 0 Å². The molecular formula is C16H23ClN2OSi. The van der Waals surface area contributed by atoms with Gasteiger partial charge in [-0.3, -0.25) is 0 Å². The van der Waals surface area contributed by atoms with Crippen molar-refractivity contribution < 1.29 is 4.74 Å². The molecule has 2 aromatic rings. The maximum absolute atomic E-state index is 6.01. The van der Waals surface area contributed by atoms with Crippen molar-refractivity contribution in [1.29, 1.82) is 0 Å². The fourth-order valence-corrected chi connectivity index (χ4v) is 3.01. The van der Waals surface area contributed by atoms with Crippen molar-refractivity contribution in [1.82, 2.24) is 9.55 Å². The molecule has 0 aromatic carbocycles. The van der Waals surface area contributed by atoms with Crippen molar-refractivity contribution in [3.05, 3.63) is 41.3 Å². The molecule has 5 heteroatoms. The summed E-state index contributed by atoms with van der Waals surface area (Å²) in [6.45, 7) is 10.5. The molecule has 0 spiro atoms. The van der Waals surface area contributed by atoms with Gasteiger partial charge in [-0.05, 0) is 36.7 Å². The lowest BCUT2D eigenvalue weighted by molar-refractivity contribution is 0.0875. The summed E-state index contributed by atoms with van der Waals surface area (Å²) in [5.74, 6) is 0. The Hall–Kier alpha value is -1.10. The van der Waals surface area contributed by atoms with E-state index in [-0.39, 0.29) is 0 Å². The maximum Gasteiger partial charge on any atom is 0.130 e. The summed E-state index contributed by atoms with van der Waals surface area (Å²) in [5.41, 5.74) is 3.08. The van der Waals surface area contributed by atoms with E-state index in [0.29, 0.717) is 11.9 Å². The van der Waals surface area contributed by atoms with Gasteiger partial charge < -0.3 is 9.30 Å². The summed E-state index contributed by atoms with van der Waals surface area (Å²) in [5, 5.41) is 0.532. The predicted molar refractivity (Wildman–Crippen MR) is 91.5 cm³/mol. The van der Waals surface area contributed by atoms with E-state index in [2.05, 4.69) is 24.6 Å². The Labute approximate surface area is 132 Å². The quantitative estimate of drug-likeness (QED) is 0.433. The van der Waals surface area contributed by atoms with Gasteiger partial charge in [-0.1, -0.05) is 31.2 Å². The zero-order chi connectivity index (χ0) is 15.5. The van der Waals surface area contributed by atoms with Gasteiger partial charge in [-0.2, -0.15) is 0 Å². The summed E-state index contributed by atoms with van der Waals surface area (Å²) in [7, 11) is -1.01. The first kappa shape index (κ1) is 16.3. The third-order valence-electron chi connectivity index (χ3n) is 3.22. The van der Waals surface area contributed by atoms with Crippen LogP contribution in [-0.4, -0.2) is 24.2 Å². The highest BCUT2D eigenvalue weighted by Crippen LogP contribution is 2.21. The molecule has 0 saturated carbocycles. The van der Waals surface area contributed by atoms with Crippen LogP contribution in [-0.2, 0) is 11.5 Å². The number of nitrogens with zero attached hydrogens (tertiary/aromatic N) is 2. The van der Waals surface area contributed by atoms with E-state index >= 15 is 0 Å². The summed E-state index contributed by atoms with van der Waals surface area (Å²) in [6, 6.07) is 7.13. The minimum absolute atomic E-state index is 0.532. The highest BCUT2D eigenvalue weighted by atomic mass is 35.5. The molecule has 3 nitrogen and oxygen atoms in total. The fourth-order valence-electron chi connectivity index (χ4n) is 1.99. The van der Waals surface area contributed by atoms with Crippen molar-refractivity contribution in [2.45, 2.75) is 39.3 Å². The second-order valence-electron chi connectivity index (χ2n) is 6.61. The van der Waals surface area contributed by atoms with Gasteiger partial charge in [0.2, 0.25) is 0 Å². The molecule has 2 heterocycles. The van der Waals surface area contributed by atoms with Crippen LogP contribution in [0.25, 0.3) is 11.3 Å². The molecule has 0 aliphatic carbocycles. The molecule has 0 atom stereocenters. The van der Waals surface area contributed by atoms with E-state index in [1.54, 1.807) is 0 Å².